The molecule has 2 amide bonds. The fourth-order valence-electron chi connectivity index (χ4n) is 8.07. The molecule has 2 aliphatic rings. The molecule has 0 saturated heterocycles. The van der Waals surface area contributed by atoms with Crippen LogP contribution in [0.25, 0.3) is 5.57 Å². The summed E-state index contributed by atoms with van der Waals surface area (Å²) in [5.74, 6) is -1.78. The molecule has 0 saturated carbocycles. The Morgan fingerprint density at radius 1 is 0.716 bits per heavy atom. The van der Waals surface area contributed by atoms with E-state index in [1.165, 1.54) is 36.4 Å². The van der Waals surface area contributed by atoms with Crippen molar-refractivity contribution < 1.29 is 66.0 Å². The molecule has 67 heavy (non-hydrogen) atoms. The molecule has 6 N–H and O–H groups in total. The minimum absolute atomic E-state index is 0.0183. The van der Waals surface area contributed by atoms with Crippen molar-refractivity contribution in [3.8, 4) is 0 Å². The van der Waals surface area contributed by atoms with E-state index in [-0.39, 0.29) is 54.1 Å². The van der Waals surface area contributed by atoms with Gasteiger partial charge in [0.15, 0.2) is 5.71 Å². The molecule has 0 radical (unpaired) electrons. The minimum atomic E-state index is -4.61. The van der Waals surface area contributed by atoms with Crippen molar-refractivity contribution in [3.05, 3.63) is 125 Å². The maximum Gasteiger partial charge on any atom is 0.294 e. The van der Waals surface area contributed by atoms with Crippen LogP contribution in [-0.4, -0.2) is 112 Å². The first-order chi connectivity index (χ1) is 30.9. The van der Waals surface area contributed by atoms with Gasteiger partial charge in [0.2, 0.25) is 11.6 Å². The molecule has 0 atom stereocenters. The fraction of sp³-hybridized carbons (Fsp3) is 0.356. The molecule has 3 aromatic rings. The summed E-state index contributed by atoms with van der Waals surface area (Å²) in [6.07, 6.45) is 7.45. The molecule has 0 unspecified atom stereocenters. The summed E-state index contributed by atoms with van der Waals surface area (Å²) in [5.41, 5.74) is 3.14. The molecule has 0 aromatic heterocycles. The van der Waals surface area contributed by atoms with E-state index in [0.717, 1.165) is 0 Å². The lowest BCUT2D eigenvalue weighted by molar-refractivity contribution is -0.437. The van der Waals surface area contributed by atoms with Crippen molar-refractivity contribution in [2.75, 3.05) is 42.6 Å². The van der Waals surface area contributed by atoms with Crippen molar-refractivity contribution in [2.24, 2.45) is 0 Å². The molecular weight excluding hydrogens is 949 g/mol. The van der Waals surface area contributed by atoms with Gasteiger partial charge >= 0.3 is 0 Å². The molecule has 0 bridgehead atoms. The van der Waals surface area contributed by atoms with E-state index in [4.69, 9.17) is 0 Å². The number of carbonyl (C=O) groups is 2. The van der Waals surface area contributed by atoms with Gasteiger partial charge in [-0.15, -0.1) is 0 Å². The monoisotopic (exact) mass is 1000 g/mol. The predicted molar refractivity (Wildman–Crippen MR) is 254 cm³/mol. The number of nitrogens with one attached hydrogen (secondary N) is 2. The van der Waals surface area contributed by atoms with Gasteiger partial charge in [0, 0.05) is 71.7 Å². The standard InChI is InChI=1S/C45H54N4O14S4/c1-30(2)42(50)46-22-7-23-47-43(51)33-12-10-31(11-13-33)32(14-20-40-44(3,4)36-28-34(66(58,59)60)16-18-38(36)48(40)24-8-26-64(52,53)54)15-21-41-45(5,6)37-29-35(67(61,62)63)17-19-39(37)49(41)25-9-27-65(55,56)57/h10-21,28-29H,1,7-9,22-27H2,2-6H3,(H5-,46,47,50,51,52,53,54,55,56,57,58,59,60,61,62,63)/p+1. The number of fused-ring (bicyclic) bond motifs is 2. The fourth-order valence-corrected chi connectivity index (χ4v) is 10.1. The van der Waals surface area contributed by atoms with E-state index >= 15 is 0 Å². The zero-order valence-electron chi connectivity index (χ0n) is 37.6. The molecule has 0 spiro atoms. The van der Waals surface area contributed by atoms with Crippen LogP contribution >= 0.6 is 0 Å². The van der Waals surface area contributed by atoms with Crippen LogP contribution in [0.2, 0.25) is 0 Å². The molecule has 2 aliphatic heterocycles. The van der Waals surface area contributed by atoms with Gasteiger partial charge in [-0.3, -0.25) is 27.8 Å². The quantitative estimate of drug-likeness (QED) is 0.0277. The number of carbonyl (C=O) groups excluding carboxylic acids is 2. The van der Waals surface area contributed by atoms with Crippen LogP contribution in [0.5, 0.6) is 0 Å². The highest BCUT2D eigenvalue weighted by Crippen LogP contribution is 2.49. The number of nitrogens with zero attached hydrogens (tertiary/aromatic N) is 2. The molecule has 5 rings (SSSR count). The number of benzene rings is 3. The highest BCUT2D eigenvalue weighted by molar-refractivity contribution is 7.86. The summed E-state index contributed by atoms with van der Waals surface area (Å²) in [7, 11) is -17.9. The van der Waals surface area contributed by atoms with Crippen LogP contribution < -0.4 is 15.5 Å². The Labute approximate surface area is 391 Å². The minimum Gasteiger partial charge on any atom is -0.352 e. The molecule has 2 heterocycles. The number of hydrogen-bond acceptors (Lipinski definition) is 11. The summed E-state index contributed by atoms with van der Waals surface area (Å²) >= 11 is 0. The molecular formula is C45H55N4O14S4+. The Kier molecular flexibility index (Phi) is 15.8. The highest BCUT2D eigenvalue weighted by atomic mass is 32.2. The summed E-state index contributed by atoms with van der Waals surface area (Å²) in [5, 5.41) is 5.52. The third-order valence-electron chi connectivity index (χ3n) is 11.5. The molecule has 22 heteroatoms. The van der Waals surface area contributed by atoms with Crippen LogP contribution in [0.1, 0.15) is 80.9 Å². The summed E-state index contributed by atoms with van der Waals surface area (Å²) < 4.78 is 137. The van der Waals surface area contributed by atoms with Crippen LogP contribution in [0.4, 0.5) is 11.4 Å². The molecule has 3 aromatic carbocycles. The summed E-state index contributed by atoms with van der Waals surface area (Å²) in [6, 6.07) is 14.8. The lowest BCUT2D eigenvalue weighted by Crippen LogP contribution is -2.30. The maximum atomic E-state index is 13.2. The van der Waals surface area contributed by atoms with Crippen LogP contribution in [0.15, 0.2) is 113 Å². The van der Waals surface area contributed by atoms with E-state index in [9.17, 15) is 61.5 Å². The van der Waals surface area contributed by atoms with Crippen molar-refractivity contribution >= 4 is 74.9 Å². The van der Waals surface area contributed by atoms with Crippen molar-refractivity contribution in [3.63, 3.8) is 0 Å². The lowest BCUT2D eigenvalue weighted by Gasteiger charge is -2.27. The van der Waals surface area contributed by atoms with E-state index in [1.807, 2.05) is 27.7 Å². The second-order valence-corrected chi connectivity index (χ2v) is 23.2. The number of anilines is 1. The number of rotatable bonds is 20. The van der Waals surface area contributed by atoms with E-state index < -0.39 is 62.8 Å². The molecule has 0 aliphatic carbocycles. The van der Waals surface area contributed by atoms with Crippen molar-refractivity contribution in [1.29, 1.82) is 0 Å². The normalized spacial score (nSPS) is 16.6. The first kappa shape index (κ1) is 52.6. The van der Waals surface area contributed by atoms with Crippen molar-refractivity contribution in [1.82, 2.24) is 10.6 Å². The van der Waals surface area contributed by atoms with Gasteiger partial charge in [-0.2, -0.15) is 38.2 Å². The van der Waals surface area contributed by atoms with Crippen LogP contribution in [-0.2, 0) is 56.1 Å². The van der Waals surface area contributed by atoms with Crippen molar-refractivity contribution in [2.45, 2.75) is 74.5 Å². The third kappa shape index (κ3) is 13.0. The van der Waals surface area contributed by atoms with E-state index in [2.05, 4.69) is 17.2 Å². The predicted octanol–water partition coefficient (Wildman–Crippen LogP) is 5.25. The third-order valence-corrected chi connectivity index (χ3v) is 14.8. The molecule has 18 nitrogen and oxygen atoms in total. The largest absolute Gasteiger partial charge is 0.352 e. The average molecular weight is 1000 g/mol. The second kappa shape index (κ2) is 20.1. The molecule has 0 fully saturated rings. The Hall–Kier alpha value is -5.33. The zero-order chi connectivity index (χ0) is 49.9. The van der Waals surface area contributed by atoms with Gasteiger partial charge in [-0.05, 0) is 105 Å². The van der Waals surface area contributed by atoms with E-state index in [1.54, 1.807) is 65.0 Å². The van der Waals surface area contributed by atoms with Gasteiger partial charge in [-0.25, -0.2) is 0 Å². The zero-order valence-corrected chi connectivity index (χ0v) is 40.8. The smallest absolute Gasteiger partial charge is 0.294 e. The highest BCUT2D eigenvalue weighted by Gasteiger charge is 2.45. The maximum absolute atomic E-state index is 13.2. The first-order valence-corrected chi connectivity index (χ1v) is 27.0. The van der Waals surface area contributed by atoms with Gasteiger partial charge < -0.3 is 15.5 Å². The van der Waals surface area contributed by atoms with Gasteiger partial charge in [0.1, 0.15) is 6.54 Å². The SMILES string of the molecule is C=C(C)C(=O)NCCCNC(=O)c1ccc(C(C=CC2=[N+](CCCS(=O)(=O)O)c3ccc(S(=O)(=O)O)cc3C2(C)C)=CC=C2N(CCCS(=O)(=O)O)c3ccc(S(=O)(=O)O)cc3C2(C)C)cc1. The Bertz CT molecular complexity index is 3060. The summed E-state index contributed by atoms with van der Waals surface area (Å²) in [4.78, 5) is 26.0. The first-order valence-electron chi connectivity index (χ1n) is 20.9. The summed E-state index contributed by atoms with van der Waals surface area (Å²) in [6.45, 7) is 13.2. The average Bonchev–Trinajstić information content (AvgIpc) is 3.56. The Morgan fingerprint density at radius 3 is 1.85 bits per heavy atom. The topological polar surface area (TPSA) is 282 Å². The number of allylic oxidation sites excluding steroid dienone is 6. The Balaban J connectivity index is 1.64. The van der Waals surface area contributed by atoms with E-state index in [0.29, 0.717) is 69.1 Å². The van der Waals surface area contributed by atoms with Crippen LogP contribution in [0, 0.1) is 0 Å². The Morgan fingerprint density at radius 2 is 1.27 bits per heavy atom. The second-order valence-electron chi connectivity index (χ2n) is 17.3. The lowest BCUT2D eigenvalue weighted by atomic mass is 9.81. The van der Waals surface area contributed by atoms with Crippen LogP contribution in [0.3, 0.4) is 0 Å². The van der Waals surface area contributed by atoms with Gasteiger partial charge in [0.05, 0.1) is 26.7 Å². The number of hydrogen-bond donors (Lipinski definition) is 6. The number of amides is 2. The van der Waals surface area contributed by atoms with Gasteiger partial charge in [-0.1, -0.05) is 38.6 Å². The molecule has 362 valence electrons. The van der Waals surface area contributed by atoms with Gasteiger partial charge in [0.25, 0.3) is 46.4 Å².